The summed E-state index contributed by atoms with van der Waals surface area (Å²) in [5.74, 6) is 0. The summed E-state index contributed by atoms with van der Waals surface area (Å²) >= 11 is 0. The highest BCUT2D eigenvalue weighted by molar-refractivity contribution is 5.65. The summed E-state index contributed by atoms with van der Waals surface area (Å²) in [6.45, 7) is 0. The zero-order valence-corrected chi connectivity index (χ0v) is 7.16. The van der Waals surface area contributed by atoms with Gasteiger partial charge in [0, 0.05) is 12.1 Å². The first-order valence-corrected chi connectivity index (χ1v) is 4.56. The number of carbonyl (C=O) groups is 1. The van der Waals surface area contributed by atoms with Gasteiger partial charge in [-0.15, -0.1) is 0 Å². The van der Waals surface area contributed by atoms with Gasteiger partial charge in [0.1, 0.15) is 6.17 Å². The Balaban J connectivity index is 2.00. The summed E-state index contributed by atoms with van der Waals surface area (Å²) in [6, 6.07) is -0.360. The Morgan fingerprint density at radius 1 is 1.54 bits per heavy atom. The van der Waals surface area contributed by atoms with Gasteiger partial charge in [0.15, 0.2) is 0 Å². The molecule has 2 fully saturated rings. The lowest BCUT2D eigenvalue weighted by Crippen LogP contribution is -2.55. The van der Waals surface area contributed by atoms with Crippen LogP contribution in [0.15, 0.2) is 0 Å². The van der Waals surface area contributed by atoms with Crippen LogP contribution < -0.4 is 10.6 Å². The zero-order chi connectivity index (χ0) is 9.42. The predicted molar refractivity (Wildman–Crippen MR) is 44.4 cm³/mol. The van der Waals surface area contributed by atoms with Crippen LogP contribution in [0.25, 0.3) is 0 Å². The van der Waals surface area contributed by atoms with E-state index in [0.717, 1.165) is 12.8 Å². The molecule has 2 heterocycles. The van der Waals surface area contributed by atoms with Crippen molar-refractivity contribution in [2.24, 2.45) is 0 Å². The minimum atomic E-state index is -1.13. The van der Waals surface area contributed by atoms with Crippen molar-refractivity contribution in [1.29, 1.82) is 0 Å². The number of hydrogen-bond donors (Lipinski definition) is 3. The molecule has 0 aliphatic carbocycles. The summed E-state index contributed by atoms with van der Waals surface area (Å²) < 4.78 is 13.5. The third-order valence-electron chi connectivity index (χ3n) is 2.89. The first-order valence-electron chi connectivity index (χ1n) is 4.56. The van der Waals surface area contributed by atoms with Crippen LogP contribution in [0.2, 0.25) is 0 Å². The molecule has 74 valence electrons. The number of alkyl halides is 1. The molecule has 2 saturated heterocycles. The number of amides is 1. The lowest BCUT2D eigenvalue weighted by molar-refractivity contribution is 0.140. The second-order valence-corrected chi connectivity index (χ2v) is 3.78. The lowest BCUT2D eigenvalue weighted by atomic mass is 9.98. The number of nitrogens with one attached hydrogen (secondary N) is 2. The Labute approximate surface area is 75.5 Å². The second-order valence-electron chi connectivity index (χ2n) is 3.78. The van der Waals surface area contributed by atoms with E-state index in [1.165, 1.54) is 0 Å². The van der Waals surface area contributed by atoms with Crippen LogP contribution in [0, 0.1) is 0 Å². The van der Waals surface area contributed by atoms with Crippen molar-refractivity contribution < 1.29 is 14.3 Å². The van der Waals surface area contributed by atoms with E-state index in [-0.39, 0.29) is 6.04 Å². The maximum atomic E-state index is 13.5. The largest absolute Gasteiger partial charge is 0.465 e. The molecule has 3 N–H and O–H groups in total. The number of carboxylic acid groups (broad SMARTS) is 1. The highest BCUT2D eigenvalue weighted by Crippen LogP contribution is 2.29. The average molecular weight is 188 g/mol. The van der Waals surface area contributed by atoms with E-state index in [1.54, 1.807) is 0 Å². The van der Waals surface area contributed by atoms with Crippen molar-refractivity contribution in [2.75, 3.05) is 0 Å². The first kappa shape index (κ1) is 8.74. The van der Waals surface area contributed by atoms with Gasteiger partial charge >= 0.3 is 6.09 Å². The molecule has 0 saturated carbocycles. The smallest absolute Gasteiger partial charge is 0.404 e. The van der Waals surface area contributed by atoms with Crippen LogP contribution in [0.4, 0.5) is 9.18 Å². The Hall–Kier alpha value is -0.840. The van der Waals surface area contributed by atoms with Crippen molar-refractivity contribution in [3.05, 3.63) is 0 Å². The van der Waals surface area contributed by atoms with Crippen LogP contribution in [0.3, 0.4) is 0 Å². The van der Waals surface area contributed by atoms with Crippen LogP contribution in [0.1, 0.15) is 19.3 Å². The molecular weight excluding hydrogens is 175 g/mol. The molecule has 0 unspecified atom stereocenters. The normalized spacial score (nSPS) is 43.2. The maximum Gasteiger partial charge on any atom is 0.404 e. The molecule has 4 nitrogen and oxygen atoms in total. The van der Waals surface area contributed by atoms with E-state index in [4.69, 9.17) is 5.11 Å². The summed E-state index contributed by atoms with van der Waals surface area (Å²) in [4.78, 5) is 10.3. The molecule has 4 atom stereocenters. The number of rotatable bonds is 1. The fraction of sp³-hybridized carbons (Fsp3) is 0.875. The van der Waals surface area contributed by atoms with Gasteiger partial charge in [0.25, 0.3) is 0 Å². The van der Waals surface area contributed by atoms with Gasteiger partial charge in [0.05, 0.1) is 6.04 Å². The topological polar surface area (TPSA) is 61.4 Å². The van der Waals surface area contributed by atoms with Crippen LogP contribution in [-0.4, -0.2) is 35.5 Å². The minimum Gasteiger partial charge on any atom is -0.465 e. The SMILES string of the molecule is O=C(O)N[C@H]1C[C@H]2CC[C@H](N2)[C@H]1F. The number of fused-ring (bicyclic) bond motifs is 2. The van der Waals surface area contributed by atoms with Gasteiger partial charge in [-0.05, 0) is 19.3 Å². The Morgan fingerprint density at radius 2 is 2.31 bits per heavy atom. The predicted octanol–water partition coefficient (Wildman–Crippen LogP) is 0.485. The molecule has 0 aromatic heterocycles. The van der Waals surface area contributed by atoms with Gasteiger partial charge in [-0.3, -0.25) is 0 Å². The third-order valence-corrected chi connectivity index (χ3v) is 2.89. The van der Waals surface area contributed by atoms with Gasteiger partial charge in [-0.25, -0.2) is 9.18 Å². The Bertz CT molecular complexity index is 224. The molecule has 13 heavy (non-hydrogen) atoms. The molecule has 0 aromatic carbocycles. The summed E-state index contributed by atoms with van der Waals surface area (Å²) in [7, 11) is 0. The Kier molecular flexibility index (Phi) is 2.11. The van der Waals surface area contributed by atoms with Gasteiger partial charge in [-0.2, -0.15) is 0 Å². The van der Waals surface area contributed by atoms with E-state index >= 15 is 0 Å². The summed E-state index contributed by atoms with van der Waals surface area (Å²) in [6.07, 6.45) is 0.153. The van der Waals surface area contributed by atoms with E-state index in [1.807, 2.05) is 0 Å². The van der Waals surface area contributed by atoms with Gasteiger partial charge < -0.3 is 15.7 Å². The molecule has 0 radical (unpaired) electrons. The molecule has 0 aromatic rings. The van der Waals surface area contributed by atoms with Gasteiger partial charge in [0.2, 0.25) is 0 Å². The van der Waals surface area contributed by atoms with Crippen molar-refractivity contribution in [3.8, 4) is 0 Å². The molecule has 2 bridgehead atoms. The molecule has 5 heteroatoms. The standard InChI is InChI=1S/C8H13FN2O2/c9-7-5-2-1-4(10-5)3-6(7)11-8(12)13/h4-7,10-11H,1-3H2,(H,12,13)/t4-,5+,6+,7-/m1/s1. The molecule has 2 aliphatic heterocycles. The summed E-state index contributed by atoms with van der Waals surface area (Å²) in [5.41, 5.74) is 0. The Morgan fingerprint density at radius 3 is 3.00 bits per heavy atom. The first-order chi connectivity index (χ1) is 6.16. The molecule has 2 aliphatic rings. The van der Waals surface area contributed by atoms with Crippen LogP contribution in [-0.2, 0) is 0 Å². The van der Waals surface area contributed by atoms with E-state index < -0.39 is 18.3 Å². The van der Waals surface area contributed by atoms with Gasteiger partial charge in [-0.1, -0.05) is 0 Å². The van der Waals surface area contributed by atoms with Crippen LogP contribution in [0.5, 0.6) is 0 Å². The molecular formula is C8H13FN2O2. The van der Waals surface area contributed by atoms with Crippen molar-refractivity contribution in [2.45, 2.75) is 43.6 Å². The molecule has 2 rings (SSSR count). The molecule has 1 amide bonds. The highest BCUT2D eigenvalue weighted by atomic mass is 19.1. The number of piperidine rings is 1. The molecule has 0 spiro atoms. The minimum absolute atomic E-state index is 0.143. The van der Waals surface area contributed by atoms with Crippen molar-refractivity contribution in [1.82, 2.24) is 10.6 Å². The van der Waals surface area contributed by atoms with E-state index in [9.17, 15) is 9.18 Å². The fourth-order valence-corrected chi connectivity index (χ4v) is 2.30. The van der Waals surface area contributed by atoms with E-state index in [0.29, 0.717) is 12.5 Å². The monoisotopic (exact) mass is 188 g/mol. The van der Waals surface area contributed by atoms with Crippen molar-refractivity contribution >= 4 is 6.09 Å². The maximum absolute atomic E-state index is 13.5. The second kappa shape index (κ2) is 3.14. The third kappa shape index (κ3) is 1.60. The lowest BCUT2D eigenvalue weighted by Gasteiger charge is -2.32. The fourth-order valence-electron chi connectivity index (χ4n) is 2.30. The van der Waals surface area contributed by atoms with Crippen LogP contribution >= 0.6 is 0 Å². The average Bonchev–Trinajstić information content (AvgIpc) is 2.44. The highest BCUT2D eigenvalue weighted by Gasteiger charge is 2.42. The van der Waals surface area contributed by atoms with Crippen molar-refractivity contribution in [3.63, 3.8) is 0 Å². The summed E-state index contributed by atoms with van der Waals surface area (Å²) in [5, 5.41) is 13.8. The van der Waals surface area contributed by atoms with E-state index in [2.05, 4.69) is 10.6 Å². The number of hydrogen-bond acceptors (Lipinski definition) is 2. The zero-order valence-electron chi connectivity index (χ0n) is 7.16. The quantitative estimate of drug-likeness (QED) is 0.561. The number of halogens is 1.